The van der Waals surface area contributed by atoms with E-state index < -0.39 is 0 Å². The summed E-state index contributed by atoms with van der Waals surface area (Å²) in [7, 11) is 0. The summed E-state index contributed by atoms with van der Waals surface area (Å²) in [6.45, 7) is 5.00. The Labute approximate surface area is 62.4 Å². The van der Waals surface area contributed by atoms with Crippen LogP contribution in [-0.4, -0.2) is 0 Å². The van der Waals surface area contributed by atoms with Gasteiger partial charge in [0.25, 0.3) is 0 Å². The third-order valence-corrected chi connectivity index (χ3v) is 0. The summed E-state index contributed by atoms with van der Waals surface area (Å²) in [6.07, 6.45) is 0. The first-order chi connectivity index (χ1) is 1.00. The molecule has 0 aromatic rings. The van der Waals surface area contributed by atoms with Gasteiger partial charge in [0, 0.05) is 41.7 Å². The Balaban J connectivity index is -0.00000000500. The van der Waals surface area contributed by atoms with Crippen LogP contribution >= 0.6 is 0 Å². The summed E-state index contributed by atoms with van der Waals surface area (Å²) in [5.41, 5.74) is 0. The smallest absolute Gasteiger partial charge is 0 e. The predicted molar refractivity (Wildman–Crippen MR) is 17.4 cm³/mol. The van der Waals surface area contributed by atoms with Crippen LogP contribution in [0, 0.1) is 56.1 Å². The van der Waals surface area contributed by atoms with Gasteiger partial charge >= 0.3 is 0 Å². The second-order valence-electron chi connectivity index (χ2n) is 0. The molecule has 0 spiro atoms. The second-order valence-corrected chi connectivity index (χ2v) is 0. The molecule has 0 aromatic carbocycles. The first kappa shape index (κ1) is 18.2. The number of hydrogen-bond donors (Lipinski definition) is 0. The topological polar surface area (TPSA) is 0 Å². The van der Waals surface area contributed by atoms with Gasteiger partial charge in [-0.05, 0) is 0 Å². The van der Waals surface area contributed by atoms with E-state index in [2.05, 4.69) is 6.92 Å². The molecule has 4 heavy (non-hydrogen) atoms. The van der Waals surface area contributed by atoms with Crippen molar-refractivity contribution >= 4 is 0 Å². The van der Waals surface area contributed by atoms with E-state index in [1.54, 1.807) is 6.92 Å². The van der Waals surface area contributed by atoms with Crippen molar-refractivity contribution in [1.29, 1.82) is 0 Å². The predicted octanol–water partition coefficient (Wildman–Crippen LogP) is 1.29. The normalized spacial score (nSPS) is 1.50. The van der Waals surface area contributed by atoms with Crippen molar-refractivity contribution in [2.24, 2.45) is 0 Å². The molecule has 0 saturated heterocycles. The molecule has 0 aliphatic rings. The molecule has 0 unspecified atom stereocenters. The van der Waals surface area contributed by atoms with E-state index >= 15 is 0 Å². The van der Waals surface area contributed by atoms with Crippen molar-refractivity contribution in [3.05, 3.63) is 14.4 Å². The molecule has 26 valence electrons. The molecule has 1 heteroatoms. The Morgan fingerprint density at radius 2 is 1.25 bits per heavy atom. The summed E-state index contributed by atoms with van der Waals surface area (Å²) in [5.74, 6) is 0. The third-order valence-electron chi connectivity index (χ3n) is 0. The van der Waals surface area contributed by atoms with Crippen molar-refractivity contribution in [3.63, 3.8) is 0 Å². The van der Waals surface area contributed by atoms with Gasteiger partial charge in [-0.25, -0.2) is 0 Å². The van der Waals surface area contributed by atoms with Crippen LogP contribution in [0.4, 0.5) is 0 Å². The van der Waals surface area contributed by atoms with E-state index in [-0.39, 0.29) is 49.2 Å². The molecule has 0 atom stereocenters. The fraction of sp³-hybridized carbons (Fsp3) is 0.333. The van der Waals surface area contributed by atoms with Gasteiger partial charge in [-0.1, -0.05) is 0 Å². The van der Waals surface area contributed by atoms with Crippen molar-refractivity contribution in [2.45, 2.75) is 6.92 Å². The largest absolute Gasteiger partial charge is 0.358 e. The van der Waals surface area contributed by atoms with E-state index in [0.29, 0.717) is 0 Å². The second kappa shape index (κ2) is 26.3. The van der Waals surface area contributed by atoms with Gasteiger partial charge in [0.05, 0.1) is 0 Å². The van der Waals surface area contributed by atoms with Crippen molar-refractivity contribution in [2.75, 3.05) is 0 Å². The van der Waals surface area contributed by atoms with E-state index in [9.17, 15) is 0 Å². The summed E-state index contributed by atoms with van der Waals surface area (Å²) < 4.78 is 0. The molecule has 0 aliphatic heterocycles. The summed E-state index contributed by atoms with van der Waals surface area (Å²) in [5, 5.41) is 0. The fourth-order valence-corrected chi connectivity index (χ4v) is 0. The van der Waals surface area contributed by atoms with Crippen LogP contribution in [0.3, 0.4) is 0 Å². The minimum absolute atomic E-state index is 0. The third kappa shape index (κ3) is 10.1. The van der Waals surface area contributed by atoms with E-state index in [1.807, 2.05) is 0 Å². The van der Waals surface area contributed by atoms with Crippen molar-refractivity contribution < 1.29 is 41.7 Å². The Morgan fingerprint density at radius 3 is 1.25 bits per heavy atom. The number of hydrogen-bond acceptors (Lipinski definition) is 0. The molecule has 0 rings (SSSR count). The zero-order valence-electron chi connectivity index (χ0n) is 3.21. The summed E-state index contributed by atoms with van der Waals surface area (Å²) in [4.78, 5) is 0. The molecule has 0 fully saturated rings. The molecule has 0 amide bonds. The van der Waals surface area contributed by atoms with E-state index in [1.165, 1.54) is 0 Å². The molecular formula is C3H8Ce-2. The average Bonchev–Trinajstić information content (AvgIpc) is 1.00. The maximum absolute atomic E-state index is 3.25. The van der Waals surface area contributed by atoms with Gasteiger partial charge in [0.15, 0.2) is 0 Å². The Kier molecular flexibility index (Phi) is 120. The van der Waals surface area contributed by atoms with Crippen LogP contribution in [0.1, 0.15) is 6.92 Å². The fourth-order valence-electron chi connectivity index (χ4n) is 0. The maximum Gasteiger partial charge on any atom is 0 e. The summed E-state index contributed by atoms with van der Waals surface area (Å²) in [6, 6.07) is 0. The molecule has 0 bridgehead atoms. The molecule has 0 aromatic heterocycles. The first-order valence-corrected chi connectivity index (χ1v) is 0.707. The van der Waals surface area contributed by atoms with Crippen LogP contribution in [-0.2, 0) is 0 Å². The zero-order chi connectivity index (χ0) is 2.00. The Bertz CT molecular complexity index is 3.25. The van der Waals surface area contributed by atoms with Crippen molar-refractivity contribution in [3.8, 4) is 0 Å². The van der Waals surface area contributed by atoms with E-state index in [0.717, 1.165) is 0 Å². The molecule has 0 heterocycles. The zero-order valence-corrected chi connectivity index (χ0v) is 6.35. The molecule has 0 radical (unpaired) electrons. The quantitative estimate of drug-likeness (QED) is 0.498. The maximum atomic E-state index is 3.25. The molecule has 0 nitrogen and oxygen atoms in total. The van der Waals surface area contributed by atoms with Crippen molar-refractivity contribution in [1.82, 2.24) is 0 Å². The van der Waals surface area contributed by atoms with Crippen LogP contribution in [0.2, 0.25) is 0 Å². The van der Waals surface area contributed by atoms with Crippen LogP contribution < -0.4 is 0 Å². The minimum Gasteiger partial charge on any atom is -0.358 e. The Morgan fingerprint density at radius 1 is 1.25 bits per heavy atom. The molecule has 0 saturated carbocycles. The van der Waals surface area contributed by atoms with Crippen LogP contribution in [0.25, 0.3) is 0 Å². The summed E-state index contributed by atoms with van der Waals surface area (Å²) >= 11 is 0. The van der Waals surface area contributed by atoms with Gasteiger partial charge in [0.1, 0.15) is 0 Å². The molecule has 0 aliphatic carbocycles. The molecule has 0 N–H and O–H groups in total. The van der Waals surface area contributed by atoms with Gasteiger partial charge < -0.3 is 14.4 Å². The first-order valence-electron chi connectivity index (χ1n) is 0.707. The Hall–Kier alpha value is 1.38. The number of rotatable bonds is 0. The van der Waals surface area contributed by atoms with Crippen LogP contribution in [0.5, 0.6) is 0 Å². The van der Waals surface area contributed by atoms with Crippen LogP contribution in [0.15, 0.2) is 0 Å². The standard InChI is InChI=1S/C2H5.CH3.Ce/c1-2;;/h1H2,2H3;1H3;/q2*-1;. The van der Waals surface area contributed by atoms with Gasteiger partial charge in [-0.15, -0.1) is 0 Å². The molecular weight excluding hydrogens is 176 g/mol. The van der Waals surface area contributed by atoms with Gasteiger partial charge in [-0.3, -0.25) is 0 Å². The van der Waals surface area contributed by atoms with Gasteiger partial charge in [-0.2, -0.15) is 6.92 Å². The van der Waals surface area contributed by atoms with E-state index in [4.69, 9.17) is 0 Å². The minimum atomic E-state index is 0. The average molecular weight is 184 g/mol. The SMILES string of the molecule is [CH2-]C.[CH3-].[Ce]. The monoisotopic (exact) mass is 184 g/mol. The van der Waals surface area contributed by atoms with Gasteiger partial charge in [0.2, 0.25) is 0 Å².